The second kappa shape index (κ2) is 8.19. The third kappa shape index (κ3) is 4.57. The fourth-order valence-corrected chi connectivity index (χ4v) is 3.60. The lowest BCUT2D eigenvalue weighted by atomic mass is 9.73. The monoisotopic (exact) mass is 253 g/mol. The maximum absolute atomic E-state index is 2.52. The minimum atomic E-state index is 0.451. The molecule has 0 aromatic heterocycles. The number of hydrogen-bond donors (Lipinski definition) is 0. The Balaban J connectivity index is 2.54. The van der Waals surface area contributed by atoms with Crippen molar-refractivity contribution in [3.8, 4) is 0 Å². The van der Waals surface area contributed by atoms with Gasteiger partial charge in [-0.2, -0.15) is 0 Å². The first kappa shape index (κ1) is 16.0. The van der Waals surface area contributed by atoms with Crippen molar-refractivity contribution in [1.29, 1.82) is 0 Å². The van der Waals surface area contributed by atoms with Gasteiger partial charge in [0, 0.05) is 5.54 Å². The van der Waals surface area contributed by atoms with Gasteiger partial charge in [-0.25, -0.2) is 0 Å². The van der Waals surface area contributed by atoms with Crippen molar-refractivity contribution in [2.75, 3.05) is 14.1 Å². The molecule has 0 amide bonds. The Bertz CT molecular complexity index is 212. The van der Waals surface area contributed by atoms with Gasteiger partial charge in [0.1, 0.15) is 0 Å². The molecule has 0 aromatic carbocycles. The highest BCUT2D eigenvalue weighted by Crippen LogP contribution is 2.37. The zero-order valence-electron chi connectivity index (χ0n) is 13.3. The zero-order chi connectivity index (χ0) is 13.4. The van der Waals surface area contributed by atoms with Gasteiger partial charge >= 0.3 is 0 Å². The van der Waals surface area contributed by atoms with Crippen LogP contribution in [0.1, 0.15) is 84.5 Å². The summed E-state index contributed by atoms with van der Waals surface area (Å²) in [6.07, 6.45) is 15.8. The first-order valence-electron chi connectivity index (χ1n) is 8.28. The normalized spacial score (nSPS) is 30.2. The van der Waals surface area contributed by atoms with Crippen LogP contribution in [0.25, 0.3) is 0 Å². The summed E-state index contributed by atoms with van der Waals surface area (Å²) in [7, 11) is 4.58. The largest absolute Gasteiger partial charge is 0.304 e. The Hall–Kier alpha value is -0.0400. The Morgan fingerprint density at radius 1 is 1.00 bits per heavy atom. The molecule has 1 fully saturated rings. The van der Waals surface area contributed by atoms with Gasteiger partial charge in [-0.05, 0) is 46.2 Å². The van der Waals surface area contributed by atoms with Gasteiger partial charge in [0.05, 0.1) is 0 Å². The molecule has 0 aliphatic heterocycles. The minimum absolute atomic E-state index is 0.451. The molecule has 1 heteroatoms. The van der Waals surface area contributed by atoms with Crippen LogP contribution >= 0.6 is 0 Å². The molecule has 0 spiro atoms. The van der Waals surface area contributed by atoms with Crippen molar-refractivity contribution in [1.82, 2.24) is 4.90 Å². The van der Waals surface area contributed by atoms with Gasteiger partial charge in [0.2, 0.25) is 0 Å². The summed E-state index contributed by atoms with van der Waals surface area (Å²) < 4.78 is 0. The van der Waals surface area contributed by atoms with Gasteiger partial charge in [0.15, 0.2) is 0 Å². The van der Waals surface area contributed by atoms with E-state index < -0.39 is 0 Å². The van der Waals surface area contributed by atoms with Crippen LogP contribution in [0.3, 0.4) is 0 Å². The van der Waals surface area contributed by atoms with E-state index in [0.717, 1.165) is 5.92 Å². The van der Waals surface area contributed by atoms with Gasteiger partial charge in [-0.3, -0.25) is 0 Å². The van der Waals surface area contributed by atoms with E-state index in [9.17, 15) is 0 Å². The summed E-state index contributed by atoms with van der Waals surface area (Å²) in [4.78, 5) is 2.52. The summed E-state index contributed by atoms with van der Waals surface area (Å²) in [6.45, 7) is 4.82. The molecule has 1 aliphatic rings. The molecule has 1 nitrogen and oxygen atoms in total. The predicted octanol–water partition coefficient (Wildman–Crippen LogP) is 5.25. The molecule has 0 saturated heterocycles. The molecule has 2 atom stereocenters. The summed E-state index contributed by atoms with van der Waals surface area (Å²) in [5, 5.41) is 0. The van der Waals surface area contributed by atoms with E-state index in [2.05, 4.69) is 32.8 Å². The van der Waals surface area contributed by atoms with Crippen molar-refractivity contribution < 1.29 is 0 Å². The molecular weight excluding hydrogens is 218 g/mol. The second-order valence-corrected chi connectivity index (χ2v) is 6.75. The maximum Gasteiger partial charge on any atom is 0.0203 e. The Kier molecular flexibility index (Phi) is 7.29. The third-order valence-corrected chi connectivity index (χ3v) is 5.29. The Morgan fingerprint density at radius 2 is 1.72 bits per heavy atom. The Morgan fingerprint density at radius 3 is 2.39 bits per heavy atom. The molecular formula is C17H35N. The molecule has 18 heavy (non-hydrogen) atoms. The average molecular weight is 253 g/mol. The third-order valence-electron chi connectivity index (χ3n) is 5.29. The summed E-state index contributed by atoms with van der Waals surface area (Å²) in [6, 6.07) is 0. The Labute approximate surface area is 115 Å². The number of unbranched alkanes of at least 4 members (excludes halogenated alkanes) is 3. The SMILES string of the molecule is CCCCCCC1CCCCCCC1(C)N(C)C. The lowest BCUT2D eigenvalue weighted by molar-refractivity contribution is 0.0627. The topological polar surface area (TPSA) is 3.24 Å². The minimum Gasteiger partial charge on any atom is -0.304 e. The highest BCUT2D eigenvalue weighted by atomic mass is 15.1. The van der Waals surface area contributed by atoms with Crippen LogP contribution in [0.15, 0.2) is 0 Å². The van der Waals surface area contributed by atoms with Gasteiger partial charge in [-0.15, -0.1) is 0 Å². The van der Waals surface area contributed by atoms with E-state index in [1.807, 2.05) is 0 Å². The van der Waals surface area contributed by atoms with E-state index in [4.69, 9.17) is 0 Å². The lowest BCUT2D eigenvalue weighted by Gasteiger charge is -2.45. The molecule has 1 rings (SSSR count). The molecule has 1 aliphatic carbocycles. The smallest absolute Gasteiger partial charge is 0.0203 e. The summed E-state index contributed by atoms with van der Waals surface area (Å²) >= 11 is 0. The molecule has 0 bridgehead atoms. The molecule has 0 N–H and O–H groups in total. The van der Waals surface area contributed by atoms with Crippen LogP contribution < -0.4 is 0 Å². The summed E-state index contributed by atoms with van der Waals surface area (Å²) in [5.41, 5.74) is 0.451. The molecule has 2 unspecified atom stereocenters. The van der Waals surface area contributed by atoms with Crippen LogP contribution in [-0.2, 0) is 0 Å². The van der Waals surface area contributed by atoms with Gasteiger partial charge in [-0.1, -0.05) is 58.3 Å². The number of nitrogens with zero attached hydrogens (tertiary/aromatic N) is 1. The predicted molar refractivity (Wildman–Crippen MR) is 82.0 cm³/mol. The highest BCUT2D eigenvalue weighted by molar-refractivity contribution is 4.91. The van der Waals surface area contributed by atoms with Crippen molar-refractivity contribution in [2.24, 2.45) is 5.92 Å². The van der Waals surface area contributed by atoms with Crippen molar-refractivity contribution in [3.63, 3.8) is 0 Å². The standard InChI is InChI=1S/C17H35N/c1-5-6-7-10-13-16-14-11-8-9-12-15-17(16,2)18(3)4/h16H,5-15H2,1-4H3. The first-order valence-corrected chi connectivity index (χ1v) is 8.28. The van der Waals surface area contributed by atoms with E-state index >= 15 is 0 Å². The van der Waals surface area contributed by atoms with E-state index in [0.29, 0.717) is 5.54 Å². The van der Waals surface area contributed by atoms with Gasteiger partial charge < -0.3 is 4.90 Å². The average Bonchev–Trinajstić information content (AvgIpc) is 2.32. The molecule has 1 saturated carbocycles. The fraction of sp³-hybridized carbons (Fsp3) is 1.00. The van der Waals surface area contributed by atoms with Crippen molar-refractivity contribution in [2.45, 2.75) is 90.0 Å². The fourth-order valence-electron chi connectivity index (χ4n) is 3.60. The second-order valence-electron chi connectivity index (χ2n) is 6.75. The van der Waals surface area contributed by atoms with Crippen LogP contribution in [-0.4, -0.2) is 24.5 Å². The highest BCUT2D eigenvalue weighted by Gasteiger charge is 2.35. The van der Waals surface area contributed by atoms with E-state index in [1.165, 1.54) is 70.6 Å². The molecule has 0 radical (unpaired) electrons. The maximum atomic E-state index is 2.52. The van der Waals surface area contributed by atoms with Crippen LogP contribution in [0.4, 0.5) is 0 Å². The van der Waals surface area contributed by atoms with E-state index in [-0.39, 0.29) is 0 Å². The van der Waals surface area contributed by atoms with Gasteiger partial charge in [0.25, 0.3) is 0 Å². The van der Waals surface area contributed by atoms with Crippen LogP contribution in [0.5, 0.6) is 0 Å². The number of hydrogen-bond acceptors (Lipinski definition) is 1. The van der Waals surface area contributed by atoms with Crippen LogP contribution in [0, 0.1) is 5.92 Å². The zero-order valence-corrected chi connectivity index (χ0v) is 13.3. The van der Waals surface area contributed by atoms with Crippen molar-refractivity contribution >= 4 is 0 Å². The van der Waals surface area contributed by atoms with E-state index in [1.54, 1.807) is 0 Å². The van der Waals surface area contributed by atoms with Crippen LogP contribution in [0.2, 0.25) is 0 Å². The lowest BCUT2D eigenvalue weighted by Crippen LogP contribution is -2.48. The quantitative estimate of drug-likeness (QED) is 0.585. The van der Waals surface area contributed by atoms with Crippen molar-refractivity contribution in [3.05, 3.63) is 0 Å². The molecule has 0 heterocycles. The summed E-state index contributed by atoms with van der Waals surface area (Å²) in [5.74, 6) is 0.921. The molecule has 0 aromatic rings. The molecule has 108 valence electrons. The number of rotatable bonds is 6. The first-order chi connectivity index (χ1) is 8.61.